The number of H-pyrrole nitrogens is 1. The second-order valence-electron chi connectivity index (χ2n) is 4.66. The SMILES string of the molecule is O=CNc1nc2ccc(-c3cccc(C(F)(F)F)c3)cc2[nH]1. The van der Waals surface area contributed by atoms with E-state index in [4.69, 9.17) is 0 Å². The molecular formula is C15H10F3N3O. The van der Waals surface area contributed by atoms with Gasteiger partial charge in [0.05, 0.1) is 16.6 Å². The first-order valence-corrected chi connectivity index (χ1v) is 6.35. The molecule has 1 aromatic heterocycles. The monoisotopic (exact) mass is 305 g/mol. The number of aromatic amines is 1. The number of nitrogens with zero attached hydrogens (tertiary/aromatic N) is 1. The van der Waals surface area contributed by atoms with Crippen molar-refractivity contribution in [1.29, 1.82) is 0 Å². The fourth-order valence-electron chi connectivity index (χ4n) is 2.19. The van der Waals surface area contributed by atoms with Crippen LogP contribution < -0.4 is 5.32 Å². The fraction of sp³-hybridized carbons (Fsp3) is 0.0667. The molecule has 0 bridgehead atoms. The summed E-state index contributed by atoms with van der Waals surface area (Å²) < 4.78 is 38.3. The van der Waals surface area contributed by atoms with Crippen LogP contribution in [0.15, 0.2) is 42.5 Å². The first kappa shape index (κ1) is 14.1. The molecule has 0 saturated heterocycles. The maximum Gasteiger partial charge on any atom is 0.416 e. The van der Waals surface area contributed by atoms with Crippen LogP contribution in [0.4, 0.5) is 19.1 Å². The van der Waals surface area contributed by atoms with Crippen LogP contribution in [0.1, 0.15) is 5.56 Å². The standard InChI is InChI=1S/C15H10F3N3O/c16-15(17,18)11-3-1-2-9(6-11)10-4-5-12-13(7-10)21-14(20-12)19-8-22/h1-8H,(H2,19,20,21,22). The van der Waals surface area contributed by atoms with E-state index < -0.39 is 11.7 Å². The van der Waals surface area contributed by atoms with E-state index in [2.05, 4.69) is 15.3 Å². The van der Waals surface area contributed by atoms with Gasteiger partial charge in [0, 0.05) is 0 Å². The summed E-state index contributed by atoms with van der Waals surface area (Å²) in [7, 11) is 0. The third-order valence-electron chi connectivity index (χ3n) is 3.20. The molecule has 0 aliphatic carbocycles. The van der Waals surface area contributed by atoms with Crippen molar-refractivity contribution >= 4 is 23.4 Å². The zero-order valence-corrected chi connectivity index (χ0v) is 11.1. The van der Waals surface area contributed by atoms with Crippen LogP contribution in [0.3, 0.4) is 0 Å². The molecule has 0 aliphatic heterocycles. The Morgan fingerprint density at radius 2 is 1.86 bits per heavy atom. The zero-order chi connectivity index (χ0) is 15.7. The van der Waals surface area contributed by atoms with Crippen molar-refractivity contribution in [3.8, 4) is 11.1 Å². The Kier molecular flexibility index (Phi) is 3.32. The topological polar surface area (TPSA) is 57.8 Å². The van der Waals surface area contributed by atoms with Gasteiger partial charge < -0.3 is 4.98 Å². The number of fused-ring (bicyclic) bond motifs is 1. The van der Waals surface area contributed by atoms with Gasteiger partial charge in [0.2, 0.25) is 12.4 Å². The van der Waals surface area contributed by atoms with E-state index in [1.54, 1.807) is 24.3 Å². The number of carbonyl (C=O) groups excluding carboxylic acids is 1. The second kappa shape index (κ2) is 5.18. The van der Waals surface area contributed by atoms with E-state index in [1.807, 2.05) is 0 Å². The lowest BCUT2D eigenvalue weighted by Crippen LogP contribution is -2.04. The van der Waals surface area contributed by atoms with Crippen molar-refractivity contribution in [3.63, 3.8) is 0 Å². The molecule has 4 nitrogen and oxygen atoms in total. The van der Waals surface area contributed by atoms with Crippen molar-refractivity contribution < 1.29 is 18.0 Å². The number of halogens is 3. The minimum Gasteiger partial charge on any atom is -0.324 e. The molecule has 2 N–H and O–H groups in total. The number of hydrogen-bond acceptors (Lipinski definition) is 2. The molecule has 0 aliphatic rings. The number of benzene rings is 2. The number of anilines is 1. The van der Waals surface area contributed by atoms with Gasteiger partial charge in [-0.3, -0.25) is 10.1 Å². The molecule has 3 aromatic rings. The van der Waals surface area contributed by atoms with Gasteiger partial charge in [-0.05, 0) is 35.4 Å². The number of aromatic nitrogens is 2. The van der Waals surface area contributed by atoms with Crippen LogP contribution in [0.2, 0.25) is 0 Å². The molecule has 0 fully saturated rings. The highest BCUT2D eigenvalue weighted by atomic mass is 19.4. The van der Waals surface area contributed by atoms with Gasteiger partial charge in [0.1, 0.15) is 0 Å². The fourth-order valence-corrected chi connectivity index (χ4v) is 2.19. The first-order valence-electron chi connectivity index (χ1n) is 6.35. The highest BCUT2D eigenvalue weighted by Gasteiger charge is 2.30. The van der Waals surface area contributed by atoms with Crippen LogP contribution in [-0.2, 0) is 11.0 Å². The lowest BCUT2D eigenvalue weighted by molar-refractivity contribution is -0.137. The lowest BCUT2D eigenvalue weighted by atomic mass is 10.0. The van der Waals surface area contributed by atoms with Gasteiger partial charge in [0.25, 0.3) is 0 Å². The van der Waals surface area contributed by atoms with E-state index >= 15 is 0 Å². The molecule has 1 amide bonds. The quantitative estimate of drug-likeness (QED) is 0.723. The van der Waals surface area contributed by atoms with Crippen LogP contribution >= 0.6 is 0 Å². The third kappa shape index (κ3) is 2.65. The maximum atomic E-state index is 12.8. The molecule has 0 saturated carbocycles. The summed E-state index contributed by atoms with van der Waals surface area (Å²) >= 11 is 0. The Bertz CT molecular complexity index is 839. The number of imidazole rings is 1. The average Bonchev–Trinajstić information content (AvgIpc) is 2.88. The molecule has 0 unspecified atom stereocenters. The van der Waals surface area contributed by atoms with E-state index in [-0.39, 0.29) is 5.95 Å². The molecule has 112 valence electrons. The Morgan fingerprint density at radius 1 is 1.09 bits per heavy atom. The number of rotatable bonds is 3. The van der Waals surface area contributed by atoms with Crippen molar-refractivity contribution in [2.24, 2.45) is 0 Å². The second-order valence-corrected chi connectivity index (χ2v) is 4.66. The largest absolute Gasteiger partial charge is 0.416 e. The van der Waals surface area contributed by atoms with Gasteiger partial charge in [-0.2, -0.15) is 13.2 Å². The Balaban J connectivity index is 2.04. The summed E-state index contributed by atoms with van der Waals surface area (Å²) in [5.41, 5.74) is 1.62. The highest BCUT2D eigenvalue weighted by molar-refractivity contribution is 5.85. The van der Waals surface area contributed by atoms with E-state index in [0.717, 1.165) is 12.1 Å². The maximum absolute atomic E-state index is 12.8. The van der Waals surface area contributed by atoms with Gasteiger partial charge in [-0.15, -0.1) is 0 Å². The van der Waals surface area contributed by atoms with Crippen molar-refractivity contribution in [3.05, 3.63) is 48.0 Å². The predicted molar refractivity (Wildman–Crippen MR) is 76.2 cm³/mol. The molecule has 0 spiro atoms. The predicted octanol–water partition coefficient (Wildman–Crippen LogP) is 3.82. The summed E-state index contributed by atoms with van der Waals surface area (Å²) in [5, 5.41) is 2.39. The molecule has 3 rings (SSSR count). The number of amides is 1. The number of hydrogen-bond donors (Lipinski definition) is 2. The smallest absolute Gasteiger partial charge is 0.324 e. The van der Waals surface area contributed by atoms with Gasteiger partial charge in [0.15, 0.2) is 0 Å². The molecule has 22 heavy (non-hydrogen) atoms. The first-order chi connectivity index (χ1) is 10.5. The lowest BCUT2D eigenvalue weighted by Gasteiger charge is -2.08. The summed E-state index contributed by atoms with van der Waals surface area (Å²) in [6.45, 7) is 0. The van der Waals surface area contributed by atoms with Crippen molar-refractivity contribution in [1.82, 2.24) is 9.97 Å². The molecule has 7 heteroatoms. The minimum atomic E-state index is -4.38. The van der Waals surface area contributed by atoms with E-state index in [1.165, 1.54) is 6.07 Å². The highest BCUT2D eigenvalue weighted by Crippen LogP contribution is 2.32. The minimum absolute atomic E-state index is 0.284. The Labute approximate surface area is 123 Å². The summed E-state index contributed by atoms with van der Waals surface area (Å²) in [6, 6.07) is 10.2. The van der Waals surface area contributed by atoms with Gasteiger partial charge in [-0.1, -0.05) is 18.2 Å². The van der Waals surface area contributed by atoms with Crippen LogP contribution in [0, 0.1) is 0 Å². The third-order valence-corrected chi connectivity index (χ3v) is 3.20. The van der Waals surface area contributed by atoms with Crippen molar-refractivity contribution in [2.45, 2.75) is 6.18 Å². The number of carbonyl (C=O) groups is 1. The van der Waals surface area contributed by atoms with Crippen LogP contribution in [-0.4, -0.2) is 16.4 Å². The number of nitrogens with one attached hydrogen (secondary N) is 2. The Morgan fingerprint density at radius 3 is 2.59 bits per heavy atom. The van der Waals surface area contributed by atoms with Crippen molar-refractivity contribution in [2.75, 3.05) is 5.32 Å². The summed E-state index contributed by atoms with van der Waals surface area (Å²) in [6.07, 6.45) is -3.89. The Hall–Kier alpha value is -2.83. The normalized spacial score (nSPS) is 11.6. The van der Waals surface area contributed by atoms with Gasteiger partial charge in [-0.25, -0.2) is 4.98 Å². The molecule has 1 heterocycles. The van der Waals surface area contributed by atoms with Crippen LogP contribution in [0.5, 0.6) is 0 Å². The molecule has 2 aromatic carbocycles. The molecule has 0 atom stereocenters. The zero-order valence-electron chi connectivity index (χ0n) is 11.1. The number of alkyl halides is 3. The summed E-state index contributed by atoms with van der Waals surface area (Å²) in [5.74, 6) is 0.284. The average molecular weight is 305 g/mol. The molecular weight excluding hydrogens is 295 g/mol. The summed E-state index contributed by atoms with van der Waals surface area (Å²) in [4.78, 5) is 17.4. The molecule has 0 radical (unpaired) electrons. The van der Waals surface area contributed by atoms with Crippen LogP contribution in [0.25, 0.3) is 22.2 Å². The van der Waals surface area contributed by atoms with E-state index in [0.29, 0.717) is 28.6 Å². The van der Waals surface area contributed by atoms with E-state index in [9.17, 15) is 18.0 Å². The van der Waals surface area contributed by atoms with Gasteiger partial charge >= 0.3 is 6.18 Å².